The van der Waals surface area contributed by atoms with E-state index in [1.807, 2.05) is 26.0 Å². The first-order valence-corrected chi connectivity index (χ1v) is 6.53. The fourth-order valence-electron chi connectivity index (χ4n) is 1.20. The van der Waals surface area contributed by atoms with E-state index >= 15 is 0 Å². The molecule has 17 heavy (non-hydrogen) atoms. The third kappa shape index (κ3) is 4.75. The van der Waals surface area contributed by atoms with Gasteiger partial charge in [0, 0.05) is 17.3 Å². The van der Waals surface area contributed by atoms with Gasteiger partial charge in [0.2, 0.25) is 5.91 Å². The van der Waals surface area contributed by atoms with E-state index in [1.165, 1.54) is 11.8 Å². The van der Waals surface area contributed by atoms with E-state index < -0.39 is 5.54 Å². The van der Waals surface area contributed by atoms with E-state index in [0.29, 0.717) is 12.2 Å². The molecule has 5 heteroatoms. The third-order valence-electron chi connectivity index (χ3n) is 2.59. The fraction of sp³-hybridized carbons (Fsp3) is 0.500. The Morgan fingerprint density at radius 1 is 1.53 bits per heavy atom. The van der Waals surface area contributed by atoms with Crippen LogP contribution in [-0.4, -0.2) is 33.9 Å². The van der Waals surface area contributed by atoms with Crippen molar-refractivity contribution in [1.29, 1.82) is 0 Å². The Kier molecular flexibility index (Phi) is 5.44. The van der Waals surface area contributed by atoms with Crippen LogP contribution >= 0.6 is 11.8 Å². The molecule has 0 aliphatic heterocycles. The second-order valence-corrected chi connectivity index (χ2v) is 5.14. The largest absolute Gasteiger partial charge is 0.394 e. The SMILES string of the molecule is CCC(C)(CO)NC(=O)CSc1ccncc1. The summed E-state index contributed by atoms with van der Waals surface area (Å²) in [5, 5.41) is 12.0. The number of amides is 1. The molecule has 1 aromatic rings. The van der Waals surface area contributed by atoms with Gasteiger partial charge < -0.3 is 10.4 Å². The predicted molar refractivity (Wildman–Crippen MR) is 68.9 cm³/mol. The van der Waals surface area contributed by atoms with Gasteiger partial charge in [-0.25, -0.2) is 0 Å². The van der Waals surface area contributed by atoms with Crippen LogP contribution in [0.1, 0.15) is 20.3 Å². The molecule has 0 radical (unpaired) electrons. The molecule has 0 saturated heterocycles. The van der Waals surface area contributed by atoms with Crippen molar-refractivity contribution in [3.05, 3.63) is 24.5 Å². The fourth-order valence-corrected chi connectivity index (χ4v) is 1.88. The van der Waals surface area contributed by atoms with Gasteiger partial charge in [-0.3, -0.25) is 9.78 Å². The van der Waals surface area contributed by atoms with Gasteiger partial charge in [0.05, 0.1) is 17.9 Å². The van der Waals surface area contributed by atoms with Crippen LogP contribution in [0.3, 0.4) is 0 Å². The minimum absolute atomic E-state index is 0.0465. The Balaban J connectivity index is 2.40. The number of aliphatic hydroxyl groups is 1. The van der Waals surface area contributed by atoms with Crippen molar-refractivity contribution < 1.29 is 9.90 Å². The van der Waals surface area contributed by atoms with E-state index in [4.69, 9.17) is 0 Å². The maximum atomic E-state index is 11.7. The molecule has 1 atom stereocenters. The number of aromatic nitrogens is 1. The quantitative estimate of drug-likeness (QED) is 0.754. The predicted octanol–water partition coefficient (Wildman–Crippen LogP) is 1.45. The zero-order valence-corrected chi connectivity index (χ0v) is 11.0. The van der Waals surface area contributed by atoms with Crippen molar-refractivity contribution in [3.8, 4) is 0 Å². The molecule has 94 valence electrons. The van der Waals surface area contributed by atoms with Crippen LogP contribution in [0, 0.1) is 0 Å². The molecule has 2 N–H and O–H groups in total. The first-order chi connectivity index (χ1) is 8.09. The normalized spacial score (nSPS) is 14.1. The van der Waals surface area contributed by atoms with Crippen molar-refractivity contribution in [2.24, 2.45) is 0 Å². The Morgan fingerprint density at radius 2 is 2.18 bits per heavy atom. The highest BCUT2D eigenvalue weighted by molar-refractivity contribution is 8.00. The van der Waals surface area contributed by atoms with Crippen LogP contribution in [0.5, 0.6) is 0 Å². The number of nitrogens with zero attached hydrogens (tertiary/aromatic N) is 1. The second-order valence-electron chi connectivity index (χ2n) is 4.09. The van der Waals surface area contributed by atoms with Crippen LogP contribution in [0.4, 0.5) is 0 Å². The summed E-state index contributed by atoms with van der Waals surface area (Å²) in [5.41, 5.74) is -0.518. The summed E-state index contributed by atoms with van der Waals surface area (Å²) in [6.07, 6.45) is 4.10. The van der Waals surface area contributed by atoms with Crippen LogP contribution in [0.15, 0.2) is 29.4 Å². The number of pyridine rings is 1. The average molecular weight is 254 g/mol. The van der Waals surface area contributed by atoms with Gasteiger partial charge in [0.25, 0.3) is 0 Å². The molecule has 0 saturated carbocycles. The highest BCUT2D eigenvalue weighted by Crippen LogP contribution is 2.16. The number of hydrogen-bond acceptors (Lipinski definition) is 4. The topological polar surface area (TPSA) is 62.2 Å². The highest BCUT2D eigenvalue weighted by Gasteiger charge is 2.22. The molecule has 0 bridgehead atoms. The molecule has 1 heterocycles. The van der Waals surface area contributed by atoms with E-state index in [0.717, 1.165) is 4.90 Å². The number of aliphatic hydroxyl groups excluding tert-OH is 1. The number of nitrogens with one attached hydrogen (secondary N) is 1. The van der Waals surface area contributed by atoms with Crippen molar-refractivity contribution in [3.63, 3.8) is 0 Å². The molecule has 0 aliphatic carbocycles. The zero-order valence-electron chi connectivity index (χ0n) is 10.1. The molecule has 0 fully saturated rings. The molecule has 1 rings (SSSR count). The summed E-state index contributed by atoms with van der Waals surface area (Å²) >= 11 is 1.46. The van der Waals surface area contributed by atoms with Crippen molar-refractivity contribution in [2.75, 3.05) is 12.4 Å². The van der Waals surface area contributed by atoms with Crippen LogP contribution < -0.4 is 5.32 Å². The molecule has 4 nitrogen and oxygen atoms in total. The Morgan fingerprint density at radius 3 is 2.71 bits per heavy atom. The van der Waals surface area contributed by atoms with E-state index in [2.05, 4.69) is 10.3 Å². The van der Waals surface area contributed by atoms with E-state index in [-0.39, 0.29) is 12.5 Å². The molecule has 1 unspecified atom stereocenters. The van der Waals surface area contributed by atoms with Crippen LogP contribution in [0.25, 0.3) is 0 Å². The van der Waals surface area contributed by atoms with Gasteiger partial charge in [0.15, 0.2) is 0 Å². The summed E-state index contributed by atoms with van der Waals surface area (Å²) in [6, 6.07) is 3.73. The molecule has 1 aromatic heterocycles. The second kappa shape index (κ2) is 6.61. The number of carbonyl (C=O) groups excluding carboxylic acids is 1. The lowest BCUT2D eigenvalue weighted by molar-refractivity contribution is -0.120. The summed E-state index contributed by atoms with van der Waals surface area (Å²) in [5.74, 6) is 0.282. The zero-order chi connectivity index (χ0) is 12.7. The smallest absolute Gasteiger partial charge is 0.230 e. The molecular weight excluding hydrogens is 236 g/mol. The maximum Gasteiger partial charge on any atom is 0.230 e. The van der Waals surface area contributed by atoms with Crippen LogP contribution in [-0.2, 0) is 4.79 Å². The highest BCUT2D eigenvalue weighted by atomic mass is 32.2. The molecular formula is C12H18N2O2S. The number of carbonyl (C=O) groups is 1. The van der Waals surface area contributed by atoms with Crippen molar-refractivity contribution >= 4 is 17.7 Å². The lowest BCUT2D eigenvalue weighted by Gasteiger charge is -2.27. The number of rotatable bonds is 6. The van der Waals surface area contributed by atoms with Gasteiger partial charge in [-0.05, 0) is 25.5 Å². The molecule has 0 spiro atoms. The van der Waals surface area contributed by atoms with Gasteiger partial charge in [-0.1, -0.05) is 6.92 Å². The number of hydrogen-bond donors (Lipinski definition) is 2. The Bertz CT molecular complexity index is 353. The lowest BCUT2D eigenvalue weighted by atomic mass is 10.0. The van der Waals surface area contributed by atoms with Gasteiger partial charge in [-0.2, -0.15) is 0 Å². The number of thioether (sulfide) groups is 1. The molecule has 0 aromatic carbocycles. The average Bonchev–Trinajstić information content (AvgIpc) is 2.37. The monoisotopic (exact) mass is 254 g/mol. The first kappa shape index (κ1) is 14.0. The minimum atomic E-state index is -0.518. The summed E-state index contributed by atoms with van der Waals surface area (Å²) in [7, 11) is 0. The Hall–Kier alpha value is -1.07. The van der Waals surface area contributed by atoms with Gasteiger partial charge >= 0.3 is 0 Å². The lowest BCUT2D eigenvalue weighted by Crippen LogP contribution is -2.49. The van der Waals surface area contributed by atoms with Crippen molar-refractivity contribution in [2.45, 2.75) is 30.7 Å². The third-order valence-corrected chi connectivity index (χ3v) is 3.60. The standard InChI is InChI=1S/C12H18N2O2S/c1-3-12(2,9-15)14-11(16)8-17-10-4-6-13-7-5-10/h4-7,15H,3,8-9H2,1-2H3,(H,14,16). The van der Waals surface area contributed by atoms with Crippen molar-refractivity contribution in [1.82, 2.24) is 10.3 Å². The maximum absolute atomic E-state index is 11.7. The summed E-state index contributed by atoms with van der Waals surface area (Å²) in [4.78, 5) is 16.6. The van der Waals surface area contributed by atoms with E-state index in [9.17, 15) is 9.90 Å². The van der Waals surface area contributed by atoms with Gasteiger partial charge in [0.1, 0.15) is 0 Å². The minimum Gasteiger partial charge on any atom is -0.394 e. The summed E-state index contributed by atoms with van der Waals surface area (Å²) < 4.78 is 0. The van der Waals surface area contributed by atoms with Gasteiger partial charge in [-0.15, -0.1) is 11.8 Å². The Labute approximate surface area is 106 Å². The molecule has 1 amide bonds. The first-order valence-electron chi connectivity index (χ1n) is 5.54. The van der Waals surface area contributed by atoms with E-state index in [1.54, 1.807) is 12.4 Å². The summed E-state index contributed by atoms with van der Waals surface area (Å²) in [6.45, 7) is 3.73. The molecule has 0 aliphatic rings. The van der Waals surface area contributed by atoms with Crippen LogP contribution in [0.2, 0.25) is 0 Å².